The summed E-state index contributed by atoms with van der Waals surface area (Å²) < 4.78 is 6.40. The molecule has 1 aromatic carbocycles. The molecule has 0 amide bonds. The Morgan fingerprint density at radius 3 is 2.71 bits per heavy atom. The summed E-state index contributed by atoms with van der Waals surface area (Å²) in [5.74, 6) is 0.977. The summed E-state index contributed by atoms with van der Waals surface area (Å²) in [5.41, 5.74) is 2.07. The zero-order valence-electron chi connectivity index (χ0n) is 15.1. The second-order valence-corrected chi connectivity index (χ2v) is 7.26. The molecule has 4 rings (SSSR count). The maximum absolute atomic E-state index is 13.2. The van der Waals surface area contributed by atoms with Gasteiger partial charge in [-0.05, 0) is 30.7 Å². The predicted molar refractivity (Wildman–Crippen MR) is 113 cm³/mol. The maximum Gasteiger partial charge on any atom is 0.283 e. The summed E-state index contributed by atoms with van der Waals surface area (Å²) >= 11 is 7.41. The number of halogens is 1. The Balaban J connectivity index is 1.83. The van der Waals surface area contributed by atoms with Crippen molar-refractivity contribution in [2.45, 2.75) is 6.92 Å². The molecule has 0 N–H and O–H groups in total. The standard InChI is InChI=1S/C20H15ClN4O2S/c1-12-23-19-18(16(11-28-19)13-6-8-14(21)9-7-13)20(26)25(12)22-10-15-4-3-5-17(24-15)27-2/h3-11H,1-2H3. The molecule has 0 aliphatic carbocycles. The molecule has 140 valence electrons. The summed E-state index contributed by atoms with van der Waals surface area (Å²) in [6.45, 7) is 1.75. The van der Waals surface area contributed by atoms with Gasteiger partial charge in [-0.3, -0.25) is 4.79 Å². The molecule has 28 heavy (non-hydrogen) atoms. The lowest BCUT2D eigenvalue weighted by molar-refractivity contribution is 0.397. The van der Waals surface area contributed by atoms with Crippen molar-refractivity contribution in [3.05, 3.63) is 74.7 Å². The van der Waals surface area contributed by atoms with E-state index in [1.165, 1.54) is 22.2 Å². The molecule has 3 aromatic heterocycles. The van der Waals surface area contributed by atoms with Gasteiger partial charge in [0.2, 0.25) is 5.88 Å². The Morgan fingerprint density at radius 2 is 1.96 bits per heavy atom. The average Bonchev–Trinajstić information content (AvgIpc) is 3.12. The number of nitrogens with zero attached hydrogens (tertiary/aromatic N) is 4. The largest absolute Gasteiger partial charge is 0.481 e. The lowest BCUT2D eigenvalue weighted by Gasteiger charge is -2.05. The first-order valence-electron chi connectivity index (χ1n) is 8.39. The normalized spacial score (nSPS) is 11.4. The van der Waals surface area contributed by atoms with E-state index in [0.717, 1.165) is 11.1 Å². The fourth-order valence-electron chi connectivity index (χ4n) is 2.79. The van der Waals surface area contributed by atoms with E-state index < -0.39 is 0 Å². The Bertz CT molecular complexity index is 1250. The van der Waals surface area contributed by atoms with Crippen LogP contribution < -0.4 is 10.3 Å². The third-order valence-corrected chi connectivity index (χ3v) is 5.29. The summed E-state index contributed by atoms with van der Waals surface area (Å²) in [6.07, 6.45) is 1.51. The fraction of sp³-hybridized carbons (Fsp3) is 0.100. The van der Waals surface area contributed by atoms with Crippen LogP contribution in [0.1, 0.15) is 11.5 Å². The first-order valence-corrected chi connectivity index (χ1v) is 9.65. The summed E-state index contributed by atoms with van der Waals surface area (Å²) in [7, 11) is 1.55. The van der Waals surface area contributed by atoms with E-state index in [1.807, 2.05) is 23.6 Å². The number of pyridine rings is 1. The molecule has 3 heterocycles. The van der Waals surface area contributed by atoms with E-state index in [4.69, 9.17) is 16.3 Å². The zero-order valence-corrected chi connectivity index (χ0v) is 16.7. The molecule has 0 aliphatic rings. The first-order chi connectivity index (χ1) is 13.6. The van der Waals surface area contributed by atoms with Gasteiger partial charge >= 0.3 is 0 Å². The third kappa shape index (κ3) is 3.42. The van der Waals surface area contributed by atoms with Crippen LogP contribution in [0.25, 0.3) is 21.3 Å². The second kappa shape index (κ2) is 7.53. The smallest absolute Gasteiger partial charge is 0.283 e. The highest BCUT2D eigenvalue weighted by Gasteiger charge is 2.15. The van der Waals surface area contributed by atoms with Crippen molar-refractivity contribution >= 4 is 39.4 Å². The molecular formula is C20H15ClN4O2S. The van der Waals surface area contributed by atoms with E-state index in [-0.39, 0.29) is 5.56 Å². The monoisotopic (exact) mass is 410 g/mol. The number of benzene rings is 1. The molecule has 0 unspecified atom stereocenters. The van der Waals surface area contributed by atoms with Crippen molar-refractivity contribution in [1.82, 2.24) is 14.6 Å². The van der Waals surface area contributed by atoms with Crippen LogP contribution in [0.2, 0.25) is 5.02 Å². The first kappa shape index (κ1) is 18.3. The second-order valence-electron chi connectivity index (χ2n) is 5.96. The summed E-state index contributed by atoms with van der Waals surface area (Å²) in [6, 6.07) is 12.7. The van der Waals surface area contributed by atoms with E-state index in [2.05, 4.69) is 15.1 Å². The van der Waals surface area contributed by atoms with Gasteiger partial charge in [-0.2, -0.15) is 9.78 Å². The van der Waals surface area contributed by atoms with Crippen molar-refractivity contribution in [1.29, 1.82) is 0 Å². The molecular weight excluding hydrogens is 396 g/mol. The minimum atomic E-state index is -0.229. The van der Waals surface area contributed by atoms with E-state index >= 15 is 0 Å². The average molecular weight is 411 g/mol. The van der Waals surface area contributed by atoms with Crippen LogP contribution in [0.4, 0.5) is 0 Å². The Hall–Kier alpha value is -3.03. The Labute approximate surface area is 169 Å². The van der Waals surface area contributed by atoms with Crippen LogP contribution in [0.5, 0.6) is 5.88 Å². The molecule has 4 aromatic rings. The fourth-order valence-corrected chi connectivity index (χ4v) is 3.90. The highest BCUT2D eigenvalue weighted by molar-refractivity contribution is 7.17. The van der Waals surface area contributed by atoms with E-state index in [9.17, 15) is 4.79 Å². The van der Waals surface area contributed by atoms with Crippen molar-refractivity contribution in [3.8, 4) is 17.0 Å². The van der Waals surface area contributed by atoms with Gasteiger partial charge in [0.1, 0.15) is 10.7 Å². The van der Waals surface area contributed by atoms with Gasteiger partial charge in [-0.25, -0.2) is 9.97 Å². The van der Waals surface area contributed by atoms with Gasteiger partial charge in [-0.1, -0.05) is 29.8 Å². The topological polar surface area (TPSA) is 69.4 Å². The number of ether oxygens (including phenoxy) is 1. The van der Waals surface area contributed by atoms with Gasteiger partial charge in [0.25, 0.3) is 5.56 Å². The van der Waals surface area contributed by atoms with E-state index in [0.29, 0.717) is 32.6 Å². The lowest BCUT2D eigenvalue weighted by Crippen LogP contribution is -2.20. The SMILES string of the molecule is COc1cccc(C=Nn2c(C)nc3scc(-c4ccc(Cl)cc4)c3c2=O)n1. The van der Waals surface area contributed by atoms with Crippen LogP contribution >= 0.6 is 22.9 Å². The lowest BCUT2D eigenvalue weighted by atomic mass is 10.1. The molecule has 0 bridgehead atoms. The third-order valence-electron chi connectivity index (χ3n) is 4.16. The summed E-state index contributed by atoms with van der Waals surface area (Å²) in [4.78, 5) is 22.7. The minimum absolute atomic E-state index is 0.229. The number of hydrogen-bond donors (Lipinski definition) is 0. The number of fused-ring (bicyclic) bond motifs is 1. The number of methoxy groups -OCH3 is 1. The number of hydrogen-bond acceptors (Lipinski definition) is 6. The van der Waals surface area contributed by atoms with Crippen LogP contribution in [0.3, 0.4) is 0 Å². The van der Waals surface area contributed by atoms with Crippen LogP contribution in [0, 0.1) is 6.92 Å². The van der Waals surface area contributed by atoms with E-state index in [1.54, 1.807) is 38.3 Å². The molecule has 0 spiro atoms. The van der Waals surface area contributed by atoms with Crippen molar-refractivity contribution in [3.63, 3.8) is 0 Å². The molecule has 0 atom stereocenters. The minimum Gasteiger partial charge on any atom is -0.481 e. The van der Waals surface area contributed by atoms with Crippen LogP contribution in [0.15, 0.2) is 57.7 Å². The van der Waals surface area contributed by atoms with Crippen molar-refractivity contribution < 1.29 is 4.74 Å². The quantitative estimate of drug-likeness (QED) is 0.468. The Kier molecular flexibility index (Phi) is 4.93. The molecule has 6 nitrogen and oxygen atoms in total. The highest BCUT2D eigenvalue weighted by atomic mass is 35.5. The van der Waals surface area contributed by atoms with Gasteiger partial charge in [0, 0.05) is 22.0 Å². The Morgan fingerprint density at radius 1 is 1.18 bits per heavy atom. The molecule has 0 aliphatic heterocycles. The highest BCUT2D eigenvalue weighted by Crippen LogP contribution is 2.31. The molecule has 0 radical (unpaired) electrons. The number of rotatable bonds is 4. The number of aryl methyl sites for hydroxylation is 1. The number of thiophene rings is 1. The van der Waals surface area contributed by atoms with Crippen molar-refractivity contribution in [2.75, 3.05) is 7.11 Å². The number of aromatic nitrogens is 3. The van der Waals surface area contributed by atoms with Crippen LogP contribution in [-0.2, 0) is 0 Å². The predicted octanol–water partition coefficient (Wildman–Crippen LogP) is 4.37. The van der Waals surface area contributed by atoms with Gasteiger partial charge in [0.15, 0.2) is 0 Å². The molecule has 0 saturated heterocycles. The molecule has 0 fully saturated rings. The zero-order chi connectivity index (χ0) is 19.7. The summed E-state index contributed by atoms with van der Waals surface area (Å²) in [5, 5.41) is 7.42. The van der Waals surface area contributed by atoms with Crippen molar-refractivity contribution in [2.24, 2.45) is 5.10 Å². The van der Waals surface area contributed by atoms with Gasteiger partial charge in [0.05, 0.1) is 24.4 Å². The van der Waals surface area contributed by atoms with Crippen LogP contribution in [-0.4, -0.2) is 28.0 Å². The molecule has 0 saturated carbocycles. The molecule has 8 heteroatoms. The van der Waals surface area contributed by atoms with Gasteiger partial charge < -0.3 is 4.74 Å². The van der Waals surface area contributed by atoms with Gasteiger partial charge in [-0.15, -0.1) is 11.3 Å². The maximum atomic E-state index is 13.2.